The summed E-state index contributed by atoms with van der Waals surface area (Å²) in [6, 6.07) is 5.53. The number of amides is 2. The van der Waals surface area contributed by atoms with Crippen LogP contribution in [0.1, 0.15) is 61.1 Å². The molecule has 1 aromatic rings. The highest BCUT2D eigenvalue weighted by atomic mass is 16.6. The molecule has 6 rings (SSSR count). The van der Waals surface area contributed by atoms with Crippen molar-refractivity contribution >= 4 is 12.0 Å². The molecule has 27 heavy (non-hydrogen) atoms. The summed E-state index contributed by atoms with van der Waals surface area (Å²) in [5.74, 6) is 0.951. The predicted octanol–water partition coefficient (Wildman–Crippen LogP) is 3.05. The number of aromatic nitrogens is 1. The van der Waals surface area contributed by atoms with Crippen LogP contribution in [-0.2, 0) is 4.74 Å². The Morgan fingerprint density at radius 3 is 2.56 bits per heavy atom. The van der Waals surface area contributed by atoms with E-state index < -0.39 is 5.60 Å². The van der Waals surface area contributed by atoms with Crippen molar-refractivity contribution in [2.45, 2.75) is 63.0 Å². The number of nitrogens with zero attached hydrogens (tertiary/aromatic N) is 2. The maximum Gasteiger partial charge on any atom is 0.410 e. The summed E-state index contributed by atoms with van der Waals surface area (Å²) < 4.78 is 6.11. The monoisotopic (exact) mass is 369 g/mol. The second-order valence-electron chi connectivity index (χ2n) is 9.25. The van der Waals surface area contributed by atoms with Crippen LogP contribution < -0.4 is 5.32 Å². The summed E-state index contributed by atoms with van der Waals surface area (Å²) >= 11 is 0. The molecule has 1 N–H and O–H groups in total. The van der Waals surface area contributed by atoms with Crippen molar-refractivity contribution < 1.29 is 14.3 Å². The van der Waals surface area contributed by atoms with E-state index in [4.69, 9.17) is 4.74 Å². The summed E-state index contributed by atoms with van der Waals surface area (Å²) in [7, 11) is 0. The van der Waals surface area contributed by atoms with Gasteiger partial charge in [-0.2, -0.15) is 0 Å². The normalized spacial score (nSPS) is 36.3. The van der Waals surface area contributed by atoms with Gasteiger partial charge < -0.3 is 15.0 Å². The minimum absolute atomic E-state index is 0.107. The van der Waals surface area contributed by atoms with Gasteiger partial charge in [-0.05, 0) is 69.4 Å². The number of pyridine rings is 1. The minimum atomic E-state index is -0.399. The van der Waals surface area contributed by atoms with Crippen molar-refractivity contribution in [1.29, 1.82) is 0 Å². The van der Waals surface area contributed by atoms with Gasteiger partial charge in [0.25, 0.3) is 5.91 Å². The largest absolute Gasteiger partial charge is 0.443 e. The molecule has 4 aliphatic carbocycles. The summed E-state index contributed by atoms with van der Waals surface area (Å²) in [6.07, 6.45) is 6.72. The summed E-state index contributed by atoms with van der Waals surface area (Å²) in [4.78, 5) is 31.6. The number of aryl methyl sites for hydroxylation is 1. The number of carbonyl (C=O) groups excluding carboxylic acids is 2. The van der Waals surface area contributed by atoms with Gasteiger partial charge in [0.1, 0.15) is 11.3 Å². The Labute approximate surface area is 159 Å². The molecule has 2 heterocycles. The number of hydrogen-bond acceptors (Lipinski definition) is 4. The minimum Gasteiger partial charge on any atom is -0.443 e. The quantitative estimate of drug-likeness (QED) is 0.889. The van der Waals surface area contributed by atoms with Gasteiger partial charge in [0.2, 0.25) is 0 Å². The highest BCUT2D eigenvalue weighted by Gasteiger charge is 2.60. The Balaban J connectivity index is 1.36. The van der Waals surface area contributed by atoms with E-state index >= 15 is 0 Å². The number of rotatable bonds is 3. The molecule has 5 fully saturated rings. The van der Waals surface area contributed by atoms with Gasteiger partial charge in [-0.25, -0.2) is 9.78 Å². The van der Waals surface area contributed by atoms with Crippen molar-refractivity contribution in [3.05, 3.63) is 29.6 Å². The van der Waals surface area contributed by atoms with Gasteiger partial charge in [0.15, 0.2) is 0 Å². The van der Waals surface area contributed by atoms with Crippen LogP contribution in [0.5, 0.6) is 0 Å². The van der Waals surface area contributed by atoms with Crippen LogP contribution >= 0.6 is 0 Å². The lowest BCUT2D eigenvalue weighted by molar-refractivity contribution is -0.148. The zero-order valence-electron chi connectivity index (χ0n) is 15.9. The zero-order valence-corrected chi connectivity index (χ0v) is 15.9. The lowest BCUT2D eigenvalue weighted by Crippen LogP contribution is -2.67. The van der Waals surface area contributed by atoms with Crippen molar-refractivity contribution in [1.82, 2.24) is 15.2 Å². The predicted molar refractivity (Wildman–Crippen MR) is 99.3 cm³/mol. The third-order valence-electron chi connectivity index (χ3n) is 6.93. The fourth-order valence-corrected chi connectivity index (χ4v) is 6.17. The number of likely N-dealkylation sites (tertiary alicyclic amines) is 1. The fourth-order valence-electron chi connectivity index (χ4n) is 6.17. The van der Waals surface area contributed by atoms with E-state index in [9.17, 15) is 9.59 Å². The van der Waals surface area contributed by atoms with Gasteiger partial charge in [-0.1, -0.05) is 6.07 Å². The number of carbonyl (C=O) groups is 2. The van der Waals surface area contributed by atoms with Gasteiger partial charge in [-0.15, -0.1) is 0 Å². The number of nitrogens with one attached hydrogen (secondary N) is 1. The van der Waals surface area contributed by atoms with Crippen LogP contribution in [0.4, 0.5) is 4.79 Å². The first-order valence-electron chi connectivity index (χ1n) is 10.2. The molecule has 0 radical (unpaired) electrons. The lowest BCUT2D eigenvalue weighted by atomic mass is 9.51. The summed E-state index contributed by atoms with van der Waals surface area (Å²) in [5, 5.41) is 3.32. The molecule has 144 valence electrons. The van der Waals surface area contributed by atoms with E-state index in [1.807, 2.05) is 19.1 Å². The maximum absolute atomic E-state index is 12.9. The molecule has 6 heteroatoms. The molecule has 0 aromatic carbocycles. The van der Waals surface area contributed by atoms with Crippen LogP contribution in [0, 0.1) is 18.8 Å². The smallest absolute Gasteiger partial charge is 0.410 e. The molecule has 1 saturated heterocycles. The second-order valence-corrected chi connectivity index (χ2v) is 9.25. The van der Waals surface area contributed by atoms with Crippen molar-refractivity contribution in [2.75, 3.05) is 13.1 Å². The Morgan fingerprint density at radius 2 is 1.93 bits per heavy atom. The van der Waals surface area contributed by atoms with Crippen LogP contribution in [0.15, 0.2) is 18.2 Å². The highest BCUT2D eigenvalue weighted by Crippen LogP contribution is 2.59. The molecule has 1 aromatic heterocycles. The van der Waals surface area contributed by atoms with Crippen LogP contribution in [0.3, 0.4) is 0 Å². The molecule has 5 aliphatic rings. The molecule has 4 bridgehead atoms. The van der Waals surface area contributed by atoms with E-state index in [0.29, 0.717) is 17.5 Å². The van der Waals surface area contributed by atoms with Crippen LogP contribution in [0.2, 0.25) is 0 Å². The van der Waals surface area contributed by atoms with Gasteiger partial charge in [0.05, 0.1) is 0 Å². The van der Waals surface area contributed by atoms with Gasteiger partial charge >= 0.3 is 6.09 Å². The molecule has 2 atom stereocenters. The fraction of sp³-hybridized carbons (Fsp3) is 0.667. The van der Waals surface area contributed by atoms with E-state index in [0.717, 1.165) is 57.3 Å². The first-order chi connectivity index (χ1) is 12.9. The molecule has 0 spiro atoms. The molecular weight excluding hydrogens is 342 g/mol. The highest BCUT2D eigenvalue weighted by molar-refractivity contribution is 5.92. The maximum atomic E-state index is 12.9. The van der Waals surface area contributed by atoms with Crippen molar-refractivity contribution in [3.63, 3.8) is 0 Å². The standard InChI is InChI=1S/C21H27N3O3/c1-14-4-2-5-17(22-14)18(25)23-20-9-15-8-16(10-20)12-21(11-15,13-20)27-19(26)24-6-3-7-24/h2,4-5,15-16H,3,6-13H2,1H3,(H,23,25). The second kappa shape index (κ2) is 5.94. The lowest BCUT2D eigenvalue weighted by Gasteiger charge is -2.61. The molecular formula is C21H27N3O3. The summed E-state index contributed by atoms with van der Waals surface area (Å²) in [6.45, 7) is 3.51. The van der Waals surface area contributed by atoms with E-state index in [-0.39, 0.29) is 17.5 Å². The van der Waals surface area contributed by atoms with Gasteiger partial charge in [0, 0.05) is 30.7 Å². The third-order valence-corrected chi connectivity index (χ3v) is 6.93. The Morgan fingerprint density at radius 1 is 1.19 bits per heavy atom. The molecule has 2 unspecified atom stereocenters. The number of hydrogen-bond donors (Lipinski definition) is 1. The Bertz CT molecular complexity index is 775. The summed E-state index contributed by atoms with van der Waals surface area (Å²) in [5.41, 5.74) is 0.650. The Hall–Kier alpha value is -2.11. The van der Waals surface area contributed by atoms with E-state index in [1.165, 1.54) is 6.42 Å². The van der Waals surface area contributed by atoms with Crippen molar-refractivity contribution in [2.24, 2.45) is 11.8 Å². The van der Waals surface area contributed by atoms with Crippen LogP contribution in [-0.4, -0.2) is 46.1 Å². The molecule has 6 nitrogen and oxygen atoms in total. The first-order valence-corrected chi connectivity index (χ1v) is 10.2. The SMILES string of the molecule is Cc1cccc(C(=O)NC23CC4CC(C2)CC(OC(=O)N2CCC2)(C4)C3)n1. The zero-order chi connectivity index (χ0) is 18.6. The van der Waals surface area contributed by atoms with Crippen LogP contribution in [0.25, 0.3) is 0 Å². The topological polar surface area (TPSA) is 71.5 Å². The Kier molecular flexibility index (Phi) is 3.75. The van der Waals surface area contributed by atoms with E-state index in [2.05, 4.69) is 10.3 Å². The van der Waals surface area contributed by atoms with Crippen molar-refractivity contribution in [3.8, 4) is 0 Å². The molecule has 1 aliphatic heterocycles. The third kappa shape index (κ3) is 2.99. The molecule has 4 saturated carbocycles. The molecule has 2 amide bonds. The average molecular weight is 369 g/mol. The van der Waals surface area contributed by atoms with E-state index in [1.54, 1.807) is 11.0 Å². The first kappa shape index (κ1) is 17.0. The number of ether oxygens (including phenoxy) is 1. The average Bonchev–Trinajstić information content (AvgIpc) is 2.50. The van der Waals surface area contributed by atoms with Gasteiger partial charge in [-0.3, -0.25) is 4.79 Å².